The van der Waals surface area contributed by atoms with Gasteiger partial charge in [0.25, 0.3) is 0 Å². The smallest absolute Gasteiger partial charge is 0.186 e. The van der Waals surface area contributed by atoms with Crippen molar-refractivity contribution in [1.29, 1.82) is 0 Å². The largest absolute Gasteiger partial charge is 0.338 e. The maximum absolute atomic E-state index is 13.2. The normalized spacial score (nSPS) is 15.2. The fourth-order valence-corrected chi connectivity index (χ4v) is 3.78. The molecule has 1 N–H and O–H groups in total. The van der Waals surface area contributed by atoms with Crippen LogP contribution in [-0.2, 0) is 4.79 Å². The highest BCUT2D eigenvalue weighted by Gasteiger charge is 2.34. The van der Waals surface area contributed by atoms with Crippen molar-refractivity contribution < 1.29 is 4.79 Å². The first-order valence-electron chi connectivity index (χ1n) is 10.7. The highest BCUT2D eigenvalue weighted by atomic mass is 16.1. The molecule has 4 rings (SSSR count). The highest BCUT2D eigenvalue weighted by molar-refractivity contribution is 6.23. The summed E-state index contributed by atoms with van der Waals surface area (Å²) in [5.74, 6) is 0.901. The molecule has 1 aliphatic rings. The van der Waals surface area contributed by atoms with Crippen LogP contribution in [0, 0.1) is 10.8 Å². The first-order valence-corrected chi connectivity index (χ1v) is 10.7. The van der Waals surface area contributed by atoms with E-state index in [1.165, 1.54) is 0 Å². The number of aromatic nitrogens is 2. The first kappa shape index (κ1) is 21.0. The summed E-state index contributed by atoms with van der Waals surface area (Å²) in [5.41, 5.74) is 5.51. The van der Waals surface area contributed by atoms with Crippen molar-refractivity contribution in [2.75, 3.05) is 0 Å². The number of imidazole rings is 1. The van der Waals surface area contributed by atoms with Crippen molar-refractivity contribution in [2.45, 2.75) is 41.5 Å². The number of carbonyl (C=O) groups excluding carboxylic acids is 1. The molecule has 31 heavy (non-hydrogen) atoms. The first-order chi connectivity index (χ1) is 14.5. The van der Waals surface area contributed by atoms with Gasteiger partial charge in [0.15, 0.2) is 5.78 Å². The van der Waals surface area contributed by atoms with Crippen LogP contribution in [0.5, 0.6) is 0 Å². The predicted molar refractivity (Wildman–Crippen MR) is 129 cm³/mol. The number of ketones is 1. The van der Waals surface area contributed by atoms with Crippen molar-refractivity contribution in [3.63, 3.8) is 0 Å². The monoisotopic (exact) mass is 411 g/mol. The van der Waals surface area contributed by atoms with Crippen LogP contribution in [0.15, 0.2) is 76.8 Å². The number of nitrogens with one attached hydrogen (secondary N) is 1. The van der Waals surface area contributed by atoms with Gasteiger partial charge in [0, 0.05) is 16.7 Å². The molecule has 4 heteroatoms. The Hall–Kier alpha value is -3.27. The Labute approximate surface area is 183 Å². The maximum atomic E-state index is 13.2. The van der Waals surface area contributed by atoms with Crippen LogP contribution in [0.25, 0.3) is 22.4 Å². The minimum Gasteiger partial charge on any atom is -0.338 e. The van der Waals surface area contributed by atoms with Crippen molar-refractivity contribution in [2.24, 2.45) is 15.8 Å². The van der Waals surface area contributed by atoms with Crippen LogP contribution < -0.4 is 0 Å². The van der Waals surface area contributed by atoms with Gasteiger partial charge in [-0.05, 0) is 47.2 Å². The van der Waals surface area contributed by atoms with Crippen LogP contribution in [-0.4, -0.2) is 21.5 Å². The Kier molecular flexibility index (Phi) is 5.04. The molecular weight excluding hydrogens is 382 g/mol. The molecule has 1 aromatic heterocycles. The van der Waals surface area contributed by atoms with Crippen LogP contribution >= 0.6 is 0 Å². The Bertz CT molecular complexity index is 1190. The summed E-state index contributed by atoms with van der Waals surface area (Å²) in [4.78, 5) is 26.3. The number of aliphatic imine (C=N–C) groups is 1. The lowest BCUT2D eigenvalue weighted by Gasteiger charge is -2.31. The summed E-state index contributed by atoms with van der Waals surface area (Å²) in [5, 5.41) is 0. The van der Waals surface area contributed by atoms with E-state index >= 15 is 0 Å². The van der Waals surface area contributed by atoms with Crippen molar-refractivity contribution in [3.05, 3.63) is 71.8 Å². The van der Waals surface area contributed by atoms with Crippen LogP contribution in [0.2, 0.25) is 0 Å². The van der Waals surface area contributed by atoms with Gasteiger partial charge >= 0.3 is 0 Å². The Balaban J connectivity index is 1.87. The molecule has 0 fully saturated rings. The SMILES string of the molecule is CC(C)(C)C1=CC(=Nc2ccccc2-c2nc3ccccc3[nH]2)C=C(C(C)(C)C)C1=O. The topological polar surface area (TPSA) is 58.1 Å². The van der Waals surface area contributed by atoms with Crippen molar-refractivity contribution in [3.8, 4) is 11.4 Å². The molecule has 4 nitrogen and oxygen atoms in total. The molecule has 0 spiro atoms. The number of carbonyl (C=O) groups is 1. The number of fused-ring (bicyclic) bond motifs is 1. The van der Waals surface area contributed by atoms with Gasteiger partial charge in [0.05, 0.1) is 22.4 Å². The summed E-state index contributed by atoms with van der Waals surface area (Å²) in [7, 11) is 0. The van der Waals surface area contributed by atoms with Gasteiger partial charge in [-0.15, -0.1) is 0 Å². The molecule has 0 saturated heterocycles. The number of H-pyrrole nitrogens is 1. The van der Waals surface area contributed by atoms with E-state index in [0.717, 1.165) is 45.0 Å². The van der Waals surface area contributed by atoms with Gasteiger partial charge in [-0.1, -0.05) is 65.8 Å². The van der Waals surface area contributed by atoms with Gasteiger partial charge in [0.1, 0.15) is 5.82 Å². The third-order valence-electron chi connectivity index (χ3n) is 5.49. The molecule has 158 valence electrons. The zero-order chi connectivity index (χ0) is 22.4. The zero-order valence-electron chi connectivity index (χ0n) is 19.1. The molecule has 0 atom stereocenters. The molecular formula is C27H29N3O. The quantitative estimate of drug-likeness (QED) is 0.470. The third kappa shape index (κ3) is 4.15. The fraction of sp³-hybridized carbons (Fsp3) is 0.296. The number of nitrogens with zero attached hydrogens (tertiary/aromatic N) is 2. The average molecular weight is 412 g/mol. The minimum absolute atomic E-state index is 0.115. The number of benzene rings is 2. The van der Waals surface area contributed by atoms with Gasteiger partial charge in [-0.25, -0.2) is 9.98 Å². The summed E-state index contributed by atoms with van der Waals surface area (Å²) >= 11 is 0. The molecule has 1 heterocycles. The third-order valence-corrected chi connectivity index (χ3v) is 5.49. The standard InChI is InChI=1S/C27H29N3O/c1-26(2,3)19-15-17(16-20(24(19)31)27(4,5)6)28-21-12-8-7-11-18(21)25-29-22-13-9-10-14-23(22)30-25/h7-16H,1-6H3,(H,29,30). The second-order valence-corrected chi connectivity index (χ2v) is 10.1. The second kappa shape index (κ2) is 7.45. The molecule has 0 unspecified atom stereocenters. The molecule has 0 aliphatic heterocycles. The van der Waals surface area contributed by atoms with E-state index in [-0.39, 0.29) is 16.6 Å². The summed E-state index contributed by atoms with van der Waals surface area (Å²) in [6.45, 7) is 12.4. The number of rotatable bonds is 2. The number of aromatic amines is 1. The van der Waals surface area contributed by atoms with Gasteiger partial charge < -0.3 is 4.98 Å². The van der Waals surface area contributed by atoms with E-state index in [2.05, 4.69) is 46.5 Å². The number of para-hydroxylation sites is 3. The Morgan fingerprint density at radius 2 is 1.39 bits per heavy atom. The van der Waals surface area contributed by atoms with Gasteiger partial charge in [-0.3, -0.25) is 4.79 Å². The lowest BCUT2D eigenvalue weighted by Crippen LogP contribution is -2.29. The second-order valence-electron chi connectivity index (χ2n) is 10.1. The number of hydrogen-bond donors (Lipinski definition) is 1. The molecule has 0 saturated carbocycles. The fourth-order valence-electron chi connectivity index (χ4n) is 3.78. The predicted octanol–water partition coefficient (Wildman–Crippen LogP) is 6.83. The zero-order valence-corrected chi connectivity index (χ0v) is 19.1. The highest BCUT2D eigenvalue weighted by Crippen LogP contribution is 2.38. The molecule has 3 aromatic rings. The van der Waals surface area contributed by atoms with E-state index in [0.29, 0.717) is 0 Å². The van der Waals surface area contributed by atoms with Crippen molar-refractivity contribution >= 4 is 28.2 Å². The van der Waals surface area contributed by atoms with Gasteiger partial charge in [0.2, 0.25) is 0 Å². The van der Waals surface area contributed by atoms with E-state index in [4.69, 9.17) is 9.98 Å². The van der Waals surface area contributed by atoms with E-state index in [1.807, 2.05) is 60.7 Å². The van der Waals surface area contributed by atoms with Crippen molar-refractivity contribution in [1.82, 2.24) is 9.97 Å². The molecule has 1 aliphatic carbocycles. The Morgan fingerprint density at radius 3 is 2.00 bits per heavy atom. The lowest BCUT2D eigenvalue weighted by atomic mass is 9.72. The number of Topliss-reactive ketones (excluding diaryl/α,β-unsaturated/α-hetero) is 1. The molecule has 0 bridgehead atoms. The van der Waals surface area contributed by atoms with Crippen LogP contribution in [0.3, 0.4) is 0 Å². The maximum Gasteiger partial charge on any atom is 0.186 e. The van der Waals surface area contributed by atoms with Crippen LogP contribution in [0.1, 0.15) is 41.5 Å². The molecule has 0 radical (unpaired) electrons. The van der Waals surface area contributed by atoms with Gasteiger partial charge in [-0.2, -0.15) is 0 Å². The molecule has 0 amide bonds. The molecule has 2 aromatic carbocycles. The number of hydrogen-bond acceptors (Lipinski definition) is 3. The average Bonchev–Trinajstić information content (AvgIpc) is 3.12. The number of allylic oxidation sites excluding steroid dienone is 4. The Morgan fingerprint density at radius 1 is 0.806 bits per heavy atom. The summed E-state index contributed by atoms with van der Waals surface area (Å²) in [6.07, 6.45) is 3.87. The van der Waals surface area contributed by atoms with Crippen LogP contribution in [0.4, 0.5) is 5.69 Å². The van der Waals surface area contributed by atoms with E-state index < -0.39 is 0 Å². The lowest BCUT2D eigenvalue weighted by molar-refractivity contribution is -0.114. The summed E-state index contributed by atoms with van der Waals surface area (Å²) < 4.78 is 0. The van der Waals surface area contributed by atoms with E-state index in [1.54, 1.807) is 0 Å². The summed E-state index contributed by atoms with van der Waals surface area (Å²) in [6, 6.07) is 16.0. The van der Waals surface area contributed by atoms with E-state index in [9.17, 15) is 4.79 Å². The minimum atomic E-state index is -0.263.